The molecule has 16 heavy (non-hydrogen) atoms. The lowest BCUT2D eigenvalue weighted by atomic mass is 9.99. The highest BCUT2D eigenvalue weighted by molar-refractivity contribution is 6.00. The second-order valence-corrected chi connectivity index (χ2v) is 3.82. The Labute approximate surface area is 93.6 Å². The summed E-state index contributed by atoms with van der Waals surface area (Å²) in [6.45, 7) is 0.674. The Morgan fingerprint density at radius 1 is 1.56 bits per heavy atom. The Kier molecular flexibility index (Phi) is 3.19. The van der Waals surface area contributed by atoms with Gasteiger partial charge in [0.05, 0.1) is 18.7 Å². The second-order valence-electron chi connectivity index (χ2n) is 3.82. The lowest BCUT2D eigenvalue weighted by Crippen LogP contribution is -2.22. The summed E-state index contributed by atoms with van der Waals surface area (Å²) in [4.78, 5) is 11.8. The van der Waals surface area contributed by atoms with Gasteiger partial charge in [-0.15, -0.1) is 0 Å². The highest BCUT2D eigenvalue weighted by atomic mass is 19.1. The van der Waals surface area contributed by atoms with Gasteiger partial charge in [0.2, 0.25) is 0 Å². The molecule has 0 spiro atoms. The van der Waals surface area contributed by atoms with Gasteiger partial charge in [-0.05, 0) is 31.5 Å². The van der Waals surface area contributed by atoms with Gasteiger partial charge in [0.25, 0.3) is 0 Å². The number of halogens is 1. The number of aryl methyl sites for hydroxylation is 1. The van der Waals surface area contributed by atoms with E-state index in [2.05, 4.69) is 5.32 Å². The molecule has 1 N–H and O–H groups in total. The van der Waals surface area contributed by atoms with Gasteiger partial charge in [0, 0.05) is 0 Å². The molecule has 1 aromatic rings. The van der Waals surface area contributed by atoms with Crippen LogP contribution in [0.25, 0.3) is 0 Å². The topological polar surface area (TPSA) is 38.3 Å². The normalized spacial score (nSPS) is 14.1. The molecular formula is C12H14FNO2. The molecule has 0 saturated heterocycles. The Hall–Kier alpha value is -1.42. The lowest BCUT2D eigenvalue weighted by molar-refractivity contribution is 0.0984. The summed E-state index contributed by atoms with van der Waals surface area (Å²) < 4.78 is 19.0. The van der Waals surface area contributed by atoms with Crippen molar-refractivity contribution in [3.63, 3.8) is 0 Å². The van der Waals surface area contributed by atoms with E-state index in [0.717, 1.165) is 18.4 Å². The van der Waals surface area contributed by atoms with Crippen LogP contribution in [0, 0.1) is 5.82 Å². The lowest BCUT2D eigenvalue weighted by Gasteiger charge is -2.20. The van der Waals surface area contributed by atoms with Gasteiger partial charge in [-0.25, -0.2) is 4.39 Å². The molecule has 1 aliphatic rings. The molecule has 0 atom stereocenters. The van der Waals surface area contributed by atoms with E-state index in [0.29, 0.717) is 12.4 Å². The van der Waals surface area contributed by atoms with E-state index in [-0.39, 0.29) is 17.9 Å². The Morgan fingerprint density at radius 2 is 2.38 bits per heavy atom. The van der Waals surface area contributed by atoms with Crippen LogP contribution in [0.5, 0.6) is 5.75 Å². The maximum atomic E-state index is 13.6. The summed E-state index contributed by atoms with van der Waals surface area (Å²) in [6.07, 6.45) is 1.76. The minimum Gasteiger partial charge on any atom is -0.492 e. The van der Waals surface area contributed by atoms with Crippen molar-refractivity contribution in [1.29, 1.82) is 0 Å². The summed E-state index contributed by atoms with van der Waals surface area (Å²) in [5.41, 5.74) is 1.01. The van der Waals surface area contributed by atoms with E-state index >= 15 is 0 Å². The zero-order valence-electron chi connectivity index (χ0n) is 9.18. The number of nitrogens with one attached hydrogen (secondary N) is 1. The first-order valence-corrected chi connectivity index (χ1v) is 5.36. The van der Waals surface area contributed by atoms with Crippen molar-refractivity contribution in [3.05, 3.63) is 29.1 Å². The van der Waals surface area contributed by atoms with E-state index in [9.17, 15) is 9.18 Å². The Morgan fingerprint density at radius 3 is 3.12 bits per heavy atom. The van der Waals surface area contributed by atoms with Crippen LogP contribution in [0.2, 0.25) is 0 Å². The molecule has 86 valence electrons. The average molecular weight is 223 g/mol. The number of benzene rings is 1. The Balaban J connectivity index is 2.45. The molecular weight excluding hydrogens is 209 g/mol. The fourth-order valence-corrected chi connectivity index (χ4v) is 1.91. The van der Waals surface area contributed by atoms with Crippen LogP contribution in [0.15, 0.2) is 12.1 Å². The molecule has 0 unspecified atom stereocenters. The number of hydrogen-bond donors (Lipinski definition) is 1. The SMILES string of the molecule is CNCC(=O)c1c(F)ccc2c1OCCC2. The second kappa shape index (κ2) is 4.61. The van der Waals surface area contributed by atoms with Crippen molar-refractivity contribution in [3.8, 4) is 5.75 Å². The van der Waals surface area contributed by atoms with E-state index in [4.69, 9.17) is 4.74 Å². The van der Waals surface area contributed by atoms with Gasteiger partial charge in [-0.1, -0.05) is 6.07 Å². The van der Waals surface area contributed by atoms with Crippen LogP contribution in [0.3, 0.4) is 0 Å². The average Bonchev–Trinajstić information content (AvgIpc) is 2.29. The molecule has 0 aliphatic carbocycles. The van der Waals surface area contributed by atoms with Gasteiger partial charge in [-0.2, -0.15) is 0 Å². The predicted octanol–water partition coefficient (Wildman–Crippen LogP) is 1.55. The third kappa shape index (κ3) is 1.93. The van der Waals surface area contributed by atoms with Crippen LogP contribution in [0.1, 0.15) is 22.3 Å². The van der Waals surface area contributed by atoms with Crippen molar-refractivity contribution >= 4 is 5.78 Å². The number of rotatable bonds is 3. The quantitative estimate of drug-likeness (QED) is 0.790. The minimum absolute atomic E-state index is 0.0894. The molecule has 0 radical (unpaired) electrons. The highest BCUT2D eigenvalue weighted by Gasteiger charge is 2.22. The zero-order chi connectivity index (χ0) is 11.5. The molecule has 0 bridgehead atoms. The first-order chi connectivity index (χ1) is 7.74. The fourth-order valence-electron chi connectivity index (χ4n) is 1.91. The van der Waals surface area contributed by atoms with Crippen molar-refractivity contribution in [1.82, 2.24) is 5.32 Å². The summed E-state index contributed by atoms with van der Waals surface area (Å²) in [5.74, 6) is -0.328. The number of fused-ring (bicyclic) bond motifs is 1. The molecule has 0 saturated carbocycles. The van der Waals surface area contributed by atoms with Gasteiger partial charge in [0.15, 0.2) is 5.78 Å². The van der Waals surface area contributed by atoms with Crippen LogP contribution < -0.4 is 10.1 Å². The third-order valence-electron chi connectivity index (χ3n) is 2.64. The zero-order valence-corrected chi connectivity index (χ0v) is 9.18. The number of ether oxygens (including phenoxy) is 1. The molecule has 1 aliphatic heterocycles. The summed E-state index contributed by atoms with van der Waals surface area (Å²) in [6, 6.07) is 3.04. The van der Waals surface area contributed by atoms with Gasteiger partial charge in [0.1, 0.15) is 11.6 Å². The van der Waals surface area contributed by atoms with Gasteiger partial charge in [-0.3, -0.25) is 4.79 Å². The van der Waals surface area contributed by atoms with Crippen molar-refractivity contribution in [2.24, 2.45) is 0 Å². The smallest absolute Gasteiger partial charge is 0.183 e. The van der Waals surface area contributed by atoms with Crippen molar-refractivity contribution < 1.29 is 13.9 Å². The van der Waals surface area contributed by atoms with Crippen LogP contribution in [-0.2, 0) is 6.42 Å². The van der Waals surface area contributed by atoms with E-state index in [1.807, 2.05) is 0 Å². The molecule has 1 heterocycles. The maximum absolute atomic E-state index is 13.6. The number of likely N-dealkylation sites (N-methyl/N-ethyl adjacent to an activating group) is 1. The van der Waals surface area contributed by atoms with Crippen LogP contribution >= 0.6 is 0 Å². The molecule has 2 rings (SSSR count). The first-order valence-electron chi connectivity index (χ1n) is 5.36. The summed E-state index contributed by atoms with van der Waals surface area (Å²) in [5, 5.41) is 2.73. The van der Waals surface area contributed by atoms with Crippen LogP contribution in [0.4, 0.5) is 4.39 Å². The number of ketones is 1. The Bertz CT molecular complexity index is 418. The third-order valence-corrected chi connectivity index (χ3v) is 2.64. The first kappa shape index (κ1) is 11.1. The molecule has 4 heteroatoms. The molecule has 0 fully saturated rings. The molecule has 0 aromatic heterocycles. The van der Waals surface area contributed by atoms with E-state index in [1.54, 1.807) is 13.1 Å². The largest absolute Gasteiger partial charge is 0.492 e. The maximum Gasteiger partial charge on any atom is 0.183 e. The van der Waals surface area contributed by atoms with Gasteiger partial charge < -0.3 is 10.1 Å². The number of Topliss-reactive ketones (excluding diaryl/α,β-unsaturated/α-hetero) is 1. The van der Waals surface area contributed by atoms with E-state index < -0.39 is 5.82 Å². The van der Waals surface area contributed by atoms with E-state index in [1.165, 1.54) is 6.07 Å². The fraction of sp³-hybridized carbons (Fsp3) is 0.417. The van der Waals surface area contributed by atoms with Crippen LogP contribution in [-0.4, -0.2) is 26.0 Å². The number of carbonyl (C=O) groups is 1. The number of carbonyl (C=O) groups excluding carboxylic acids is 1. The minimum atomic E-state index is -0.499. The van der Waals surface area contributed by atoms with Crippen molar-refractivity contribution in [2.45, 2.75) is 12.8 Å². The standard InChI is InChI=1S/C12H14FNO2/c1-14-7-10(15)11-9(13)5-4-8-3-2-6-16-12(8)11/h4-5,14H,2-3,6-7H2,1H3. The predicted molar refractivity (Wildman–Crippen MR) is 58.5 cm³/mol. The monoisotopic (exact) mass is 223 g/mol. The molecule has 3 nitrogen and oxygen atoms in total. The van der Waals surface area contributed by atoms with Gasteiger partial charge >= 0.3 is 0 Å². The number of hydrogen-bond acceptors (Lipinski definition) is 3. The highest BCUT2D eigenvalue weighted by Crippen LogP contribution is 2.31. The summed E-state index contributed by atoms with van der Waals surface area (Å²) >= 11 is 0. The molecule has 0 amide bonds. The summed E-state index contributed by atoms with van der Waals surface area (Å²) in [7, 11) is 1.66. The molecule has 1 aromatic carbocycles. The van der Waals surface area contributed by atoms with Crippen molar-refractivity contribution in [2.75, 3.05) is 20.2 Å².